The van der Waals surface area contributed by atoms with Gasteiger partial charge in [0.25, 0.3) is 11.8 Å². The predicted molar refractivity (Wildman–Crippen MR) is 116 cm³/mol. The second-order valence-corrected chi connectivity index (χ2v) is 7.43. The van der Waals surface area contributed by atoms with E-state index in [4.69, 9.17) is 16.3 Å². The fourth-order valence-corrected chi connectivity index (χ4v) is 3.47. The van der Waals surface area contributed by atoms with Gasteiger partial charge in [-0.25, -0.2) is 0 Å². The molecular weight excluding hydrogens is 390 g/mol. The van der Waals surface area contributed by atoms with Crippen LogP contribution in [0.15, 0.2) is 42.5 Å². The van der Waals surface area contributed by atoms with Gasteiger partial charge in [-0.15, -0.1) is 0 Å². The average molecular weight is 416 g/mol. The van der Waals surface area contributed by atoms with Crippen LogP contribution in [0.1, 0.15) is 40.0 Å². The van der Waals surface area contributed by atoms with Crippen LogP contribution in [0, 0.1) is 0 Å². The Labute approximate surface area is 176 Å². The zero-order valence-electron chi connectivity index (χ0n) is 16.5. The van der Waals surface area contributed by atoms with Gasteiger partial charge in [-0.1, -0.05) is 11.6 Å². The van der Waals surface area contributed by atoms with Crippen LogP contribution in [0.2, 0.25) is 5.02 Å². The van der Waals surface area contributed by atoms with Crippen molar-refractivity contribution in [3.8, 4) is 0 Å². The molecule has 2 amide bonds. The van der Waals surface area contributed by atoms with E-state index in [9.17, 15) is 9.59 Å². The lowest BCUT2D eigenvalue weighted by atomic mass is 10.1. The summed E-state index contributed by atoms with van der Waals surface area (Å²) in [5.41, 5.74) is 2.55. The van der Waals surface area contributed by atoms with E-state index in [1.54, 1.807) is 37.4 Å². The first-order valence-corrected chi connectivity index (χ1v) is 10.2. The summed E-state index contributed by atoms with van der Waals surface area (Å²) in [6, 6.07) is 12.2. The standard InChI is InChI=1S/C22H26ClN3O3/c1-29-14-4-11-24-22(28)19-15-18(9-10-20(19)26-12-2-3-13-26)25-21(27)16-5-7-17(23)8-6-16/h5-10,15H,2-4,11-14H2,1H3,(H,24,28)(H,25,27). The van der Waals surface area contributed by atoms with E-state index in [1.165, 1.54) is 0 Å². The Morgan fingerprint density at radius 2 is 1.79 bits per heavy atom. The Balaban J connectivity index is 1.78. The summed E-state index contributed by atoms with van der Waals surface area (Å²) in [4.78, 5) is 27.6. The number of carbonyl (C=O) groups excluding carboxylic acids is 2. The minimum atomic E-state index is -0.248. The van der Waals surface area contributed by atoms with Gasteiger partial charge < -0.3 is 20.3 Å². The number of amides is 2. The Morgan fingerprint density at radius 1 is 1.07 bits per heavy atom. The van der Waals surface area contributed by atoms with Crippen molar-refractivity contribution in [2.24, 2.45) is 0 Å². The quantitative estimate of drug-likeness (QED) is 0.640. The lowest BCUT2D eigenvalue weighted by Crippen LogP contribution is -2.29. The highest BCUT2D eigenvalue weighted by atomic mass is 35.5. The van der Waals surface area contributed by atoms with E-state index in [-0.39, 0.29) is 11.8 Å². The van der Waals surface area contributed by atoms with Gasteiger partial charge in [0.15, 0.2) is 0 Å². The monoisotopic (exact) mass is 415 g/mol. The van der Waals surface area contributed by atoms with Crippen LogP contribution in [0.4, 0.5) is 11.4 Å². The lowest BCUT2D eigenvalue weighted by Gasteiger charge is -2.22. The number of methoxy groups -OCH3 is 1. The second kappa shape index (κ2) is 10.3. The molecule has 2 aromatic rings. The van der Waals surface area contributed by atoms with Crippen LogP contribution in [-0.2, 0) is 4.74 Å². The summed E-state index contributed by atoms with van der Waals surface area (Å²) >= 11 is 5.88. The summed E-state index contributed by atoms with van der Waals surface area (Å²) in [7, 11) is 1.64. The number of benzene rings is 2. The third-order valence-electron chi connectivity index (χ3n) is 4.86. The first-order valence-electron chi connectivity index (χ1n) is 9.81. The van der Waals surface area contributed by atoms with E-state index >= 15 is 0 Å². The molecule has 1 aliphatic rings. The molecule has 2 N–H and O–H groups in total. The third kappa shape index (κ3) is 5.71. The number of nitrogens with zero attached hydrogens (tertiary/aromatic N) is 1. The first-order chi connectivity index (χ1) is 14.1. The number of anilines is 2. The van der Waals surface area contributed by atoms with E-state index in [0.717, 1.165) is 38.0 Å². The van der Waals surface area contributed by atoms with E-state index in [0.29, 0.717) is 35.0 Å². The van der Waals surface area contributed by atoms with Gasteiger partial charge in [-0.2, -0.15) is 0 Å². The molecule has 1 saturated heterocycles. The van der Waals surface area contributed by atoms with Crippen LogP contribution in [0.5, 0.6) is 0 Å². The van der Waals surface area contributed by atoms with Crippen molar-refractivity contribution in [3.05, 3.63) is 58.6 Å². The van der Waals surface area contributed by atoms with E-state index in [1.807, 2.05) is 12.1 Å². The molecule has 7 heteroatoms. The predicted octanol–water partition coefficient (Wildman–Crippen LogP) is 3.96. The maximum Gasteiger partial charge on any atom is 0.255 e. The minimum absolute atomic E-state index is 0.148. The maximum absolute atomic E-state index is 12.8. The summed E-state index contributed by atoms with van der Waals surface area (Å²) in [6.07, 6.45) is 2.97. The molecule has 0 bridgehead atoms. The molecule has 0 unspecified atom stereocenters. The summed E-state index contributed by atoms with van der Waals surface area (Å²) in [5, 5.41) is 6.38. The number of nitrogens with one attached hydrogen (secondary N) is 2. The van der Waals surface area contributed by atoms with Gasteiger partial charge in [-0.3, -0.25) is 9.59 Å². The highest BCUT2D eigenvalue weighted by Crippen LogP contribution is 2.28. The number of rotatable bonds is 8. The molecule has 6 nitrogen and oxygen atoms in total. The highest BCUT2D eigenvalue weighted by molar-refractivity contribution is 6.30. The smallest absolute Gasteiger partial charge is 0.255 e. The fraction of sp³-hybridized carbons (Fsp3) is 0.364. The average Bonchev–Trinajstić information content (AvgIpc) is 3.26. The highest BCUT2D eigenvalue weighted by Gasteiger charge is 2.20. The van der Waals surface area contributed by atoms with Gasteiger partial charge >= 0.3 is 0 Å². The Morgan fingerprint density at radius 3 is 2.48 bits per heavy atom. The van der Waals surface area contributed by atoms with Gasteiger partial charge in [-0.05, 0) is 61.7 Å². The molecule has 154 valence electrons. The Hall–Kier alpha value is -2.57. The van der Waals surface area contributed by atoms with Crippen molar-refractivity contribution < 1.29 is 14.3 Å². The number of carbonyl (C=O) groups is 2. The topological polar surface area (TPSA) is 70.7 Å². The van der Waals surface area contributed by atoms with Gasteiger partial charge in [0.1, 0.15) is 0 Å². The summed E-state index contributed by atoms with van der Waals surface area (Å²) in [6.45, 7) is 2.99. The van der Waals surface area contributed by atoms with Crippen LogP contribution in [0.25, 0.3) is 0 Å². The molecule has 0 saturated carbocycles. The zero-order chi connectivity index (χ0) is 20.6. The van der Waals surface area contributed by atoms with Crippen molar-refractivity contribution in [1.29, 1.82) is 0 Å². The number of ether oxygens (including phenoxy) is 1. The zero-order valence-corrected chi connectivity index (χ0v) is 17.3. The van der Waals surface area contributed by atoms with Crippen LogP contribution in [-0.4, -0.2) is 45.2 Å². The molecule has 0 spiro atoms. The summed E-state index contributed by atoms with van der Waals surface area (Å²) < 4.78 is 5.03. The number of hydrogen-bond donors (Lipinski definition) is 2. The number of hydrogen-bond acceptors (Lipinski definition) is 4. The second-order valence-electron chi connectivity index (χ2n) is 6.99. The molecule has 0 atom stereocenters. The van der Waals surface area contributed by atoms with Gasteiger partial charge in [0, 0.05) is 55.3 Å². The molecule has 1 fully saturated rings. The van der Waals surface area contributed by atoms with Gasteiger partial charge in [0.2, 0.25) is 0 Å². The van der Waals surface area contributed by atoms with Crippen molar-refractivity contribution in [3.63, 3.8) is 0 Å². The lowest BCUT2D eigenvalue weighted by molar-refractivity contribution is 0.0947. The normalized spacial score (nSPS) is 13.4. The maximum atomic E-state index is 12.8. The molecule has 0 aromatic heterocycles. The van der Waals surface area contributed by atoms with Gasteiger partial charge in [0.05, 0.1) is 5.56 Å². The molecule has 1 aliphatic heterocycles. The Bertz CT molecular complexity index is 849. The molecule has 3 rings (SSSR count). The van der Waals surface area contributed by atoms with Crippen molar-refractivity contribution in [1.82, 2.24) is 5.32 Å². The van der Waals surface area contributed by atoms with Crippen LogP contribution >= 0.6 is 11.6 Å². The van der Waals surface area contributed by atoms with E-state index < -0.39 is 0 Å². The molecule has 2 aromatic carbocycles. The number of halogens is 1. The molecule has 0 radical (unpaired) electrons. The third-order valence-corrected chi connectivity index (χ3v) is 5.11. The van der Waals surface area contributed by atoms with Crippen molar-refractivity contribution in [2.45, 2.75) is 19.3 Å². The summed E-state index contributed by atoms with van der Waals surface area (Å²) in [5.74, 6) is -0.396. The van der Waals surface area contributed by atoms with E-state index in [2.05, 4.69) is 15.5 Å². The molecule has 1 heterocycles. The van der Waals surface area contributed by atoms with Crippen LogP contribution in [0.3, 0.4) is 0 Å². The largest absolute Gasteiger partial charge is 0.385 e. The fourth-order valence-electron chi connectivity index (χ4n) is 3.35. The Kier molecular flexibility index (Phi) is 7.49. The SMILES string of the molecule is COCCCNC(=O)c1cc(NC(=O)c2ccc(Cl)cc2)ccc1N1CCCC1. The molecule has 0 aliphatic carbocycles. The first kappa shape index (κ1) is 21.1. The molecule has 29 heavy (non-hydrogen) atoms. The van der Waals surface area contributed by atoms with Crippen molar-refractivity contribution >= 4 is 34.8 Å². The van der Waals surface area contributed by atoms with Crippen molar-refractivity contribution in [2.75, 3.05) is 43.6 Å². The minimum Gasteiger partial charge on any atom is -0.385 e. The molecular formula is C22H26ClN3O3. The van der Waals surface area contributed by atoms with Crippen LogP contribution < -0.4 is 15.5 Å².